The Bertz CT molecular complexity index is 1070. The summed E-state index contributed by atoms with van der Waals surface area (Å²) >= 11 is 0. The second kappa shape index (κ2) is 6.62. The first kappa shape index (κ1) is 16.3. The zero-order valence-electron chi connectivity index (χ0n) is 14.6. The number of pyridine rings is 1. The van der Waals surface area contributed by atoms with Gasteiger partial charge in [-0.2, -0.15) is 14.6 Å². The number of aromatic nitrogens is 7. The summed E-state index contributed by atoms with van der Waals surface area (Å²) in [6.07, 6.45) is 7.23. The molecule has 4 heterocycles. The van der Waals surface area contributed by atoms with Crippen molar-refractivity contribution in [3.05, 3.63) is 54.0 Å². The number of aryl methyl sites for hydroxylation is 2. The molecular weight excluding hydrogens is 333 g/mol. The molecule has 0 spiro atoms. The van der Waals surface area contributed by atoms with Gasteiger partial charge in [-0.3, -0.25) is 0 Å². The van der Waals surface area contributed by atoms with Crippen molar-refractivity contribution >= 4 is 11.0 Å². The summed E-state index contributed by atoms with van der Waals surface area (Å²) in [7, 11) is 1.86. The van der Waals surface area contributed by atoms with Crippen LogP contribution in [-0.2, 0) is 20.0 Å². The molecule has 0 unspecified atom stereocenters. The van der Waals surface area contributed by atoms with Crippen LogP contribution in [0.25, 0.3) is 22.6 Å². The van der Waals surface area contributed by atoms with Gasteiger partial charge in [0.2, 0.25) is 5.95 Å². The number of halogens is 1. The van der Waals surface area contributed by atoms with Gasteiger partial charge >= 0.3 is 0 Å². The number of fused-ring (bicyclic) bond motifs is 1. The van der Waals surface area contributed by atoms with Gasteiger partial charge < -0.3 is 4.57 Å². The molecule has 0 bridgehead atoms. The summed E-state index contributed by atoms with van der Waals surface area (Å²) in [5.74, 6) is 0.0697. The van der Waals surface area contributed by atoms with Crippen molar-refractivity contribution in [1.82, 2.24) is 34.5 Å². The molecule has 7 nitrogen and oxygen atoms in total. The molecule has 4 aromatic rings. The molecule has 4 rings (SSSR count). The van der Waals surface area contributed by atoms with Crippen molar-refractivity contribution in [2.45, 2.75) is 26.3 Å². The summed E-state index contributed by atoms with van der Waals surface area (Å²) in [5, 5.41) is 14.1. The van der Waals surface area contributed by atoms with Crippen molar-refractivity contribution < 1.29 is 4.39 Å². The van der Waals surface area contributed by atoms with Crippen LogP contribution >= 0.6 is 0 Å². The highest BCUT2D eigenvalue weighted by molar-refractivity contribution is 5.78. The molecule has 0 amide bonds. The van der Waals surface area contributed by atoms with E-state index < -0.39 is 5.95 Å². The van der Waals surface area contributed by atoms with Crippen molar-refractivity contribution in [3.63, 3.8) is 0 Å². The first-order valence-corrected chi connectivity index (χ1v) is 8.47. The summed E-state index contributed by atoms with van der Waals surface area (Å²) in [5.41, 5.74) is 3.26. The van der Waals surface area contributed by atoms with E-state index in [-0.39, 0.29) is 0 Å². The van der Waals surface area contributed by atoms with Gasteiger partial charge in [0.25, 0.3) is 0 Å². The predicted octanol–water partition coefficient (Wildman–Crippen LogP) is 2.76. The van der Waals surface area contributed by atoms with Crippen molar-refractivity contribution in [2.75, 3.05) is 0 Å². The molecule has 0 saturated carbocycles. The largest absolute Gasteiger partial charge is 0.324 e. The molecule has 0 fully saturated rings. The SMILES string of the molecule is CCCc1c(Cn2ccnc2-c2cccc(F)n2)nnc2c1cnn2C. The van der Waals surface area contributed by atoms with Crippen LogP contribution in [0, 0.1) is 5.95 Å². The molecule has 132 valence electrons. The third kappa shape index (κ3) is 2.83. The Labute approximate surface area is 149 Å². The van der Waals surface area contributed by atoms with Gasteiger partial charge in [-0.25, -0.2) is 14.6 Å². The minimum atomic E-state index is -0.528. The molecule has 26 heavy (non-hydrogen) atoms. The first-order valence-electron chi connectivity index (χ1n) is 8.47. The second-order valence-corrected chi connectivity index (χ2v) is 6.11. The lowest BCUT2D eigenvalue weighted by Gasteiger charge is -2.11. The van der Waals surface area contributed by atoms with Gasteiger partial charge in [-0.1, -0.05) is 19.4 Å². The Hall–Kier alpha value is -3.16. The van der Waals surface area contributed by atoms with Crippen LogP contribution in [0.15, 0.2) is 36.8 Å². The zero-order valence-corrected chi connectivity index (χ0v) is 14.6. The van der Waals surface area contributed by atoms with Crippen molar-refractivity contribution in [3.8, 4) is 11.5 Å². The van der Waals surface area contributed by atoms with Gasteiger partial charge in [0, 0.05) is 24.8 Å². The molecule has 0 saturated heterocycles. The summed E-state index contributed by atoms with van der Waals surface area (Å²) in [4.78, 5) is 8.27. The Morgan fingerprint density at radius 2 is 2.08 bits per heavy atom. The van der Waals surface area contributed by atoms with Gasteiger partial charge in [-0.05, 0) is 24.1 Å². The van der Waals surface area contributed by atoms with E-state index in [2.05, 4.69) is 32.2 Å². The van der Waals surface area contributed by atoms with Crippen LogP contribution in [0.2, 0.25) is 0 Å². The summed E-state index contributed by atoms with van der Waals surface area (Å²) < 4.78 is 17.1. The van der Waals surface area contributed by atoms with E-state index in [1.807, 2.05) is 24.0 Å². The van der Waals surface area contributed by atoms with E-state index in [9.17, 15) is 4.39 Å². The van der Waals surface area contributed by atoms with Crippen LogP contribution in [0.3, 0.4) is 0 Å². The maximum atomic E-state index is 13.5. The van der Waals surface area contributed by atoms with Gasteiger partial charge in [0.05, 0.1) is 18.4 Å². The fraction of sp³-hybridized carbons (Fsp3) is 0.278. The smallest absolute Gasteiger partial charge is 0.213 e. The second-order valence-electron chi connectivity index (χ2n) is 6.11. The van der Waals surface area contributed by atoms with Crippen LogP contribution in [0.5, 0.6) is 0 Å². The lowest BCUT2D eigenvalue weighted by atomic mass is 10.1. The minimum absolute atomic E-state index is 0.487. The summed E-state index contributed by atoms with van der Waals surface area (Å²) in [6.45, 7) is 2.62. The Morgan fingerprint density at radius 1 is 1.19 bits per heavy atom. The van der Waals surface area contributed by atoms with Crippen LogP contribution in [-0.4, -0.2) is 34.5 Å². The zero-order chi connectivity index (χ0) is 18.1. The molecule has 0 N–H and O–H groups in total. The highest BCUT2D eigenvalue weighted by atomic mass is 19.1. The van der Waals surface area contributed by atoms with Crippen LogP contribution < -0.4 is 0 Å². The predicted molar refractivity (Wildman–Crippen MR) is 94.8 cm³/mol. The third-order valence-corrected chi connectivity index (χ3v) is 4.33. The quantitative estimate of drug-likeness (QED) is 0.517. The topological polar surface area (TPSA) is 74.3 Å². The Balaban J connectivity index is 1.77. The fourth-order valence-corrected chi connectivity index (χ4v) is 3.11. The molecule has 0 aliphatic carbocycles. The number of hydrogen-bond acceptors (Lipinski definition) is 5. The molecule has 0 atom stereocenters. The maximum Gasteiger partial charge on any atom is 0.213 e. The third-order valence-electron chi connectivity index (χ3n) is 4.33. The molecular formula is C18H18FN7. The average Bonchev–Trinajstić information content (AvgIpc) is 3.24. The number of imidazole rings is 1. The standard InChI is InChI=1S/C18H18FN7/c1-3-5-12-13-10-21-25(2)17(13)24-23-15(12)11-26-9-8-20-18(26)14-6-4-7-16(19)22-14/h4,6-10H,3,5,11H2,1-2H3. The Kier molecular flexibility index (Phi) is 4.16. The normalized spacial score (nSPS) is 11.3. The van der Waals surface area contributed by atoms with E-state index >= 15 is 0 Å². The average molecular weight is 351 g/mol. The number of hydrogen-bond donors (Lipinski definition) is 0. The summed E-state index contributed by atoms with van der Waals surface area (Å²) in [6, 6.07) is 4.68. The minimum Gasteiger partial charge on any atom is -0.324 e. The fourth-order valence-electron chi connectivity index (χ4n) is 3.11. The number of rotatable bonds is 5. The van der Waals surface area contributed by atoms with E-state index in [0.717, 1.165) is 35.1 Å². The molecule has 4 aromatic heterocycles. The van der Waals surface area contributed by atoms with E-state index in [1.165, 1.54) is 6.07 Å². The molecule has 0 aromatic carbocycles. The highest BCUT2D eigenvalue weighted by Crippen LogP contribution is 2.22. The molecule has 0 aliphatic heterocycles. The van der Waals surface area contributed by atoms with Crippen molar-refractivity contribution in [1.29, 1.82) is 0 Å². The lowest BCUT2D eigenvalue weighted by Crippen LogP contribution is -2.09. The monoisotopic (exact) mass is 351 g/mol. The lowest BCUT2D eigenvalue weighted by molar-refractivity contribution is 0.584. The first-order chi connectivity index (χ1) is 12.7. The van der Waals surface area contributed by atoms with Gasteiger partial charge in [-0.15, -0.1) is 5.10 Å². The van der Waals surface area contributed by atoms with Crippen LogP contribution in [0.4, 0.5) is 4.39 Å². The van der Waals surface area contributed by atoms with E-state index in [1.54, 1.807) is 23.0 Å². The van der Waals surface area contributed by atoms with Gasteiger partial charge in [0.15, 0.2) is 11.5 Å². The van der Waals surface area contributed by atoms with Crippen LogP contribution in [0.1, 0.15) is 24.6 Å². The number of nitrogens with zero attached hydrogens (tertiary/aromatic N) is 7. The highest BCUT2D eigenvalue weighted by Gasteiger charge is 2.16. The van der Waals surface area contributed by atoms with E-state index in [0.29, 0.717) is 18.1 Å². The van der Waals surface area contributed by atoms with Gasteiger partial charge in [0.1, 0.15) is 5.69 Å². The molecule has 8 heteroatoms. The van der Waals surface area contributed by atoms with E-state index in [4.69, 9.17) is 0 Å². The molecule has 0 aliphatic rings. The van der Waals surface area contributed by atoms with Crippen molar-refractivity contribution in [2.24, 2.45) is 7.05 Å². The maximum absolute atomic E-state index is 13.5. The molecule has 0 radical (unpaired) electrons. The Morgan fingerprint density at radius 3 is 2.88 bits per heavy atom.